The van der Waals surface area contributed by atoms with Crippen LogP contribution in [0.3, 0.4) is 0 Å². The van der Waals surface area contributed by atoms with Gasteiger partial charge in [0.2, 0.25) is 5.95 Å². The Bertz CT molecular complexity index is 970. The summed E-state index contributed by atoms with van der Waals surface area (Å²) in [7, 11) is 0. The Morgan fingerprint density at radius 3 is 2.28 bits per heavy atom. The summed E-state index contributed by atoms with van der Waals surface area (Å²) in [5.41, 5.74) is 21.0. The van der Waals surface area contributed by atoms with Crippen molar-refractivity contribution < 1.29 is 5.11 Å². The Hall–Kier alpha value is -3.46. The lowest BCUT2D eigenvalue weighted by atomic mass is 9.92. The number of nitrogens with zero attached hydrogens (tertiary/aromatic N) is 4. The molecule has 4 rings (SSSR count). The first kappa shape index (κ1) is 21.8. The Labute approximate surface area is 188 Å². The van der Waals surface area contributed by atoms with Crippen molar-refractivity contribution in [2.75, 3.05) is 44.2 Å². The topological polar surface area (TPSA) is 143 Å². The Morgan fingerprint density at radius 1 is 1.00 bits per heavy atom. The van der Waals surface area contributed by atoms with Crippen LogP contribution in [0.15, 0.2) is 54.3 Å². The molecule has 170 valence electrons. The summed E-state index contributed by atoms with van der Waals surface area (Å²) in [6.45, 7) is 5.00. The van der Waals surface area contributed by atoms with Gasteiger partial charge in [0, 0.05) is 49.8 Å². The molecule has 0 bridgehead atoms. The number of benzene rings is 1. The van der Waals surface area contributed by atoms with Crippen LogP contribution in [0.2, 0.25) is 0 Å². The van der Waals surface area contributed by atoms with E-state index in [1.54, 1.807) is 24.3 Å². The van der Waals surface area contributed by atoms with E-state index in [2.05, 4.69) is 25.1 Å². The predicted molar refractivity (Wildman–Crippen MR) is 126 cm³/mol. The first-order valence-electron chi connectivity index (χ1n) is 11.1. The van der Waals surface area contributed by atoms with Crippen molar-refractivity contribution in [3.63, 3.8) is 0 Å². The smallest absolute Gasteiger partial charge is 0.225 e. The van der Waals surface area contributed by atoms with Crippen molar-refractivity contribution >= 4 is 11.6 Å². The minimum absolute atomic E-state index is 0.117. The van der Waals surface area contributed by atoms with Crippen LogP contribution >= 0.6 is 0 Å². The number of hydrogen-bond acceptors (Lipinski definition) is 9. The van der Waals surface area contributed by atoms with Crippen molar-refractivity contribution in [3.05, 3.63) is 65.4 Å². The van der Waals surface area contributed by atoms with E-state index in [9.17, 15) is 5.11 Å². The van der Waals surface area contributed by atoms with Gasteiger partial charge in [0.05, 0.1) is 5.70 Å². The molecule has 0 saturated carbocycles. The number of phenols is 1. The summed E-state index contributed by atoms with van der Waals surface area (Å²) in [6, 6.07) is 6.93. The number of anilines is 1. The number of piperidine rings is 1. The zero-order valence-electron chi connectivity index (χ0n) is 18.2. The second kappa shape index (κ2) is 9.78. The number of hydrogen-bond donors (Lipinski definition) is 5. The highest BCUT2D eigenvalue weighted by molar-refractivity contribution is 5.69. The molecular formula is C23H32N8O. The third-order valence-electron chi connectivity index (χ3n) is 6.17. The maximum absolute atomic E-state index is 10.1. The molecule has 1 aromatic heterocycles. The van der Waals surface area contributed by atoms with Gasteiger partial charge in [-0.3, -0.25) is 0 Å². The van der Waals surface area contributed by atoms with E-state index in [1.165, 1.54) is 5.56 Å². The minimum Gasteiger partial charge on any atom is -0.507 e. The number of nitrogens with one attached hydrogen (secondary N) is 1. The summed E-state index contributed by atoms with van der Waals surface area (Å²) in [6.07, 6.45) is 7.94. The third-order valence-corrected chi connectivity index (χ3v) is 6.17. The van der Waals surface area contributed by atoms with E-state index in [0.29, 0.717) is 36.0 Å². The van der Waals surface area contributed by atoms with Crippen molar-refractivity contribution in [1.82, 2.24) is 20.2 Å². The molecule has 3 heterocycles. The van der Waals surface area contributed by atoms with E-state index in [0.717, 1.165) is 45.0 Å². The van der Waals surface area contributed by atoms with Crippen LogP contribution in [0, 0.1) is 0 Å². The standard InChI is InChI=1S/C23H32N8O/c24-19(18-3-1-2-4-21(18)32)13-20(22(25)26)30-9-11-31(12-10-30)23-28-14-17(15-29-23)16-5-7-27-8-6-16/h1-4,13-16,27,32H,5-12,24-26H2/b19-13-. The molecule has 2 aliphatic rings. The van der Waals surface area contributed by atoms with E-state index in [4.69, 9.17) is 17.2 Å². The average molecular weight is 437 g/mol. The number of piperazine rings is 1. The van der Waals surface area contributed by atoms with Crippen LogP contribution in [0.1, 0.15) is 29.9 Å². The molecule has 2 aliphatic heterocycles. The van der Waals surface area contributed by atoms with Gasteiger partial charge in [-0.15, -0.1) is 0 Å². The maximum atomic E-state index is 10.1. The summed E-state index contributed by atoms with van der Waals surface area (Å²) in [5, 5.41) is 13.5. The molecule has 0 spiro atoms. The second-order valence-electron chi connectivity index (χ2n) is 8.27. The molecular weight excluding hydrogens is 404 g/mol. The lowest BCUT2D eigenvalue weighted by molar-refractivity contribution is 0.325. The Balaban J connectivity index is 1.41. The van der Waals surface area contributed by atoms with Gasteiger partial charge in [-0.1, -0.05) is 12.1 Å². The highest BCUT2D eigenvalue weighted by Gasteiger charge is 2.22. The van der Waals surface area contributed by atoms with E-state index in [1.807, 2.05) is 18.5 Å². The van der Waals surface area contributed by atoms with Crippen LogP contribution in [-0.4, -0.2) is 59.2 Å². The van der Waals surface area contributed by atoms with Crippen molar-refractivity contribution in [2.45, 2.75) is 18.8 Å². The molecule has 9 heteroatoms. The zero-order chi connectivity index (χ0) is 22.5. The molecule has 0 radical (unpaired) electrons. The fraction of sp³-hybridized carbons (Fsp3) is 0.391. The highest BCUT2D eigenvalue weighted by Crippen LogP contribution is 2.26. The Morgan fingerprint density at radius 2 is 1.66 bits per heavy atom. The van der Waals surface area contributed by atoms with Crippen LogP contribution in [0.25, 0.3) is 5.70 Å². The second-order valence-corrected chi connectivity index (χ2v) is 8.27. The molecule has 0 amide bonds. The Kier molecular flexibility index (Phi) is 6.65. The van der Waals surface area contributed by atoms with Crippen LogP contribution < -0.4 is 27.4 Å². The van der Waals surface area contributed by atoms with E-state index < -0.39 is 0 Å². The maximum Gasteiger partial charge on any atom is 0.225 e. The number of rotatable bonds is 5. The molecule has 32 heavy (non-hydrogen) atoms. The van der Waals surface area contributed by atoms with Gasteiger partial charge in [-0.2, -0.15) is 0 Å². The number of phenolic OH excluding ortho intramolecular Hbond substituents is 1. The summed E-state index contributed by atoms with van der Waals surface area (Å²) >= 11 is 0. The van der Waals surface area contributed by atoms with Crippen molar-refractivity contribution in [1.29, 1.82) is 0 Å². The fourth-order valence-corrected chi connectivity index (χ4v) is 4.31. The minimum atomic E-state index is 0.117. The molecule has 0 atom stereocenters. The third kappa shape index (κ3) is 4.88. The molecule has 2 aromatic rings. The van der Waals surface area contributed by atoms with Crippen molar-refractivity contribution in [3.8, 4) is 5.75 Å². The number of aromatic hydroxyl groups is 1. The monoisotopic (exact) mass is 436 g/mol. The fourth-order valence-electron chi connectivity index (χ4n) is 4.31. The average Bonchev–Trinajstić information content (AvgIpc) is 2.83. The first-order chi connectivity index (χ1) is 15.5. The van der Waals surface area contributed by atoms with Crippen LogP contribution in [0.4, 0.5) is 5.95 Å². The molecule has 2 fully saturated rings. The largest absolute Gasteiger partial charge is 0.507 e. The molecule has 1 aromatic carbocycles. The number of nitrogens with two attached hydrogens (primary N) is 3. The molecule has 0 aliphatic carbocycles. The summed E-state index contributed by atoms with van der Waals surface area (Å²) in [4.78, 5) is 13.5. The van der Waals surface area contributed by atoms with Gasteiger partial charge in [0.1, 0.15) is 11.6 Å². The van der Waals surface area contributed by atoms with Gasteiger partial charge in [-0.05, 0) is 55.6 Å². The number of allylic oxidation sites excluding steroid dienone is 1. The summed E-state index contributed by atoms with van der Waals surface area (Å²) < 4.78 is 0. The number of aromatic nitrogens is 2. The lowest BCUT2D eigenvalue weighted by Crippen LogP contribution is -2.47. The lowest BCUT2D eigenvalue weighted by Gasteiger charge is -2.37. The normalized spacial score (nSPS) is 17.9. The van der Waals surface area contributed by atoms with E-state index in [-0.39, 0.29) is 11.6 Å². The van der Waals surface area contributed by atoms with Crippen LogP contribution in [0.5, 0.6) is 5.75 Å². The quantitative estimate of drug-likeness (QED) is 0.431. The SMILES string of the molecule is NC(N)=C(/C=C(\N)c1ccccc1O)N1CCN(c2ncc(C3CCNCC3)cn2)CC1. The van der Waals surface area contributed by atoms with Gasteiger partial charge in [0.15, 0.2) is 0 Å². The van der Waals surface area contributed by atoms with Gasteiger partial charge >= 0.3 is 0 Å². The molecule has 0 unspecified atom stereocenters. The van der Waals surface area contributed by atoms with Crippen molar-refractivity contribution in [2.24, 2.45) is 17.2 Å². The molecule has 8 N–H and O–H groups in total. The summed E-state index contributed by atoms with van der Waals surface area (Å²) in [5.74, 6) is 1.60. The zero-order valence-corrected chi connectivity index (χ0v) is 18.2. The van der Waals surface area contributed by atoms with Gasteiger partial charge in [-0.25, -0.2) is 9.97 Å². The van der Waals surface area contributed by atoms with Gasteiger partial charge < -0.3 is 37.4 Å². The molecule has 2 saturated heterocycles. The first-order valence-corrected chi connectivity index (χ1v) is 11.1. The molecule has 9 nitrogen and oxygen atoms in total. The highest BCUT2D eigenvalue weighted by atomic mass is 16.3. The predicted octanol–water partition coefficient (Wildman–Crippen LogP) is 0.858. The number of para-hydroxylation sites is 1. The van der Waals surface area contributed by atoms with Crippen LogP contribution in [-0.2, 0) is 0 Å². The van der Waals surface area contributed by atoms with E-state index >= 15 is 0 Å². The van der Waals surface area contributed by atoms with Gasteiger partial charge in [0.25, 0.3) is 0 Å².